The van der Waals surface area contributed by atoms with Crippen molar-refractivity contribution in [3.63, 3.8) is 0 Å². The molecule has 0 saturated carbocycles. The maximum absolute atomic E-state index is 12.0. The van der Waals surface area contributed by atoms with E-state index in [1.807, 2.05) is 18.2 Å². The van der Waals surface area contributed by atoms with E-state index in [-0.39, 0.29) is 0 Å². The van der Waals surface area contributed by atoms with E-state index in [1.165, 1.54) is 0 Å². The highest BCUT2D eigenvalue weighted by Gasteiger charge is 2.17. The van der Waals surface area contributed by atoms with Crippen molar-refractivity contribution < 1.29 is 19.4 Å². The van der Waals surface area contributed by atoms with Gasteiger partial charge in [0.1, 0.15) is 5.60 Å². The first kappa shape index (κ1) is 20.5. The summed E-state index contributed by atoms with van der Waals surface area (Å²) in [5, 5.41) is 15.4. The summed E-state index contributed by atoms with van der Waals surface area (Å²) in [6.45, 7) is 5.82. The molecule has 0 saturated heterocycles. The summed E-state index contributed by atoms with van der Waals surface area (Å²) >= 11 is 0. The van der Waals surface area contributed by atoms with Crippen LogP contribution in [0.15, 0.2) is 54.6 Å². The largest absolute Gasteiger partial charge is 0.444 e. The van der Waals surface area contributed by atoms with Gasteiger partial charge in [0.2, 0.25) is 0 Å². The van der Waals surface area contributed by atoms with E-state index in [0.29, 0.717) is 24.2 Å². The first-order chi connectivity index (χ1) is 12.7. The fraction of sp³-hybridized carbons (Fsp3) is 0.333. The quantitative estimate of drug-likeness (QED) is 0.727. The average molecular weight is 370 g/mol. The van der Waals surface area contributed by atoms with Crippen LogP contribution < -0.4 is 10.6 Å². The van der Waals surface area contributed by atoms with Crippen molar-refractivity contribution in [3.05, 3.63) is 65.7 Å². The molecule has 2 aromatic carbocycles. The Morgan fingerprint density at radius 3 is 2.26 bits per heavy atom. The molecule has 6 nitrogen and oxygen atoms in total. The minimum atomic E-state index is -1.17. The normalized spacial score (nSPS) is 12.1. The van der Waals surface area contributed by atoms with E-state index in [0.717, 1.165) is 5.56 Å². The number of aliphatic hydroxyl groups is 1. The molecular weight excluding hydrogens is 344 g/mol. The highest BCUT2D eigenvalue weighted by molar-refractivity contribution is 5.84. The molecule has 27 heavy (non-hydrogen) atoms. The van der Waals surface area contributed by atoms with Crippen LogP contribution in [-0.2, 0) is 16.0 Å². The average Bonchev–Trinajstić information content (AvgIpc) is 2.61. The smallest absolute Gasteiger partial charge is 0.412 e. The van der Waals surface area contributed by atoms with Gasteiger partial charge in [-0.25, -0.2) is 4.79 Å². The Balaban J connectivity index is 1.78. The molecular formula is C21H26N2O4. The second kappa shape index (κ2) is 9.19. The van der Waals surface area contributed by atoms with Gasteiger partial charge in [-0.1, -0.05) is 42.5 Å². The number of aliphatic hydroxyl groups excluding tert-OH is 1. The zero-order chi connectivity index (χ0) is 19.9. The number of hydrogen-bond acceptors (Lipinski definition) is 4. The van der Waals surface area contributed by atoms with E-state index in [2.05, 4.69) is 10.6 Å². The molecule has 2 aromatic rings. The first-order valence-corrected chi connectivity index (χ1v) is 8.84. The Bertz CT molecular complexity index is 752. The van der Waals surface area contributed by atoms with E-state index in [4.69, 9.17) is 4.74 Å². The maximum atomic E-state index is 12.0. The number of hydrogen-bond donors (Lipinski definition) is 3. The van der Waals surface area contributed by atoms with Gasteiger partial charge < -0.3 is 15.2 Å². The van der Waals surface area contributed by atoms with Gasteiger partial charge in [0.25, 0.3) is 5.91 Å². The minimum absolute atomic E-state index is 0.404. The van der Waals surface area contributed by atoms with Gasteiger partial charge in [0, 0.05) is 12.2 Å². The van der Waals surface area contributed by atoms with Gasteiger partial charge in [-0.2, -0.15) is 0 Å². The van der Waals surface area contributed by atoms with Gasteiger partial charge in [-0.05, 0) is 50.5 Å². The monoisotopic (exact) mass is 370 g/mol. The molecule has 0 aliphatic rings. The molecule has 3 N–H and O–H groups in total. The molecule has 6 heteroatoms. The highest BCUT2D eigenvalue weighted by atomic mass is 16.6. The van der Waals surface area contributed by atoms with Crippen LogP contribution >= 0.6 is 0 Å². The van der Waals surface area contributed by atoms with Gasteiger partial charge >= 0.3 is 6.09 Å². The second-order valence-corrected chi connectivity index (χ2v) is 7.18. The van der Waals surface area contributed by atoms with Crippen LogP contribution in [0.4, 0.5) is 10.5 Å². The molecule has 0 heterocycles. The van der Waals surface area contributed by atoms with E-state index in [1.54, 1.807) is 57.2 Å². The third-order valence-corrected chi connectivity index (χ3v) is 3.68. The number of benzene rings is 2. The first-order valence-electron chi connectivity index (χ1n) is 8.84. The summed E-state index contributed by atoms with van der Waals surface area (Å²) < 4.78 is 5.20. The lowest BCUT2D eigenvalue weighted by molar-refractivity contribution is -0.129. The van der Waals surface area contributed by atoms with Crippen LogP contribution in [0.25, 0.3) is 0 Å². The molecule has 0 aliphatic heterocycles. The highest BCUT2D eigenvalue weighted by Crippen LogP contribution is 2.14. The van der Waals surface area contributed by atoms with Crippen LogP contribution in [0.3, 0.4) is 0 Å². The fourth-order valence-electron chi connectivity index (χ4n) is 2.39. The lowest BCUT2D eigenvalue weighted by atomic mass is 10.1. The summed E-state index contributed by atoms with van der Waals surface area (Å²) in [7, 11) is 0. The van der Waals surface area contributed by atoms with Crippen LogP contribution in [0.1, 0.15) is 38.0 Å². The standard InChI is InChI=1S/C21H26N2O4/c1-21(2,3)27-20(26)23-17-11-9-15(10-12-17)13-14-22-19(25)18(24)16-7-5-4-6-8-16/h4-12,18,24H,13-14H2,1-3H3,(H,22,25)(H,23,26)/t18-/m1/s1. The molecule has 0 aliphatic carbocycles. The van der Waals surface area contributed by atoms with Crippen molar-refractivity contribution >= 4 is 17.7 Å². The van der Waals surface area contributed by atoms with E-state index >= 15 is 0 Å². The second-order valence-electron chi connectivity index (χ2n) is 7.18. The minimum Gasteiger partial charge on any atom is -0.444 e. The Morgan fingerprint density at radius 1 is 1.04 bits per heavy atom. The Kier molecular flexibility index (Phi) is 6.96. The molecule has 0 radical (unpaired) electrons. The van der Waals surface area contributed by atoms with Gasteiger partial charge in [-0.3, -0.25) is 10.1 Å². The lowest BCUT2D eigenvalue weighted by Gasteiger charge is -2.19. The van der Waals surface area contributed by atoms with Crippen LogP contribution in [0, 0.1) is 0 Å². The van der Waals surface area contributed by atoms with E-state index in [9.17, 15) is 14.7 Å². The number of anilines is 1. The molecule has 0 unspecified atom stereocenters. The summed E-state index contributed by atoms with van der Waals surface area (Å²) in [4.78, 5) is 23.7. The van der Waals surface area contributed by atoms with Gasteiger partial charge in [0.15, 0.2) is 6.10 Å². The number of carbonyl (C=O) groups excluding carboxylic acids is 2. The van der Waals surface area contributed by atoms with Gasteiger partial charge in [0.05, 0.1) is 0 Å². The fourth-order valence-corrected chi connectivity index (χ4v) is 2.39. The van der Waals surface area contributed by atoms with Crippen molar-refractivity contribution in [2.75, 3.05) is 11.9 Å². The van der Waals surface area contributed by atoms with Crippen molar-refractivity contribution in [1.29, 1.82) is 0 Å². The lowest BCUT2D eigenvalue weighted by Crippen LogP contribution is -2.30. The van der Waals surface area contributed by atoms with Gasteiger partial charge in [-0.15, -0.1) is 0 Å². The molecule has 0 aromatic heterocycles. The number of carbonyl (C=O) groups is 2. The van der Waals surface area contributed by atoms with Crippen molar-refractivity contribution in [3.8, 4) is 0 Å². The topological polar surface area (TPSA) is 87.7 Å². The molecule has 0 fully saturated rings. The van der Waals surface area contributed by atoms with Crippen LogP contribution in [-0.4, -0.2) is 29.3 Å². The molecule has 2 rings (SSSR count). The SMILES string of the molecule is CC(C)(C)OC(=O)Nc1ccc(CCNC(=O)[C@H](O)c2ccccc2)cc1. The third kappa shape index (κ3) is 7.11. The zero-order valence-electron chi connectivity index (χ0n) is 15.9. The summed E-state index contributed by atoms with van der Waals surface area (Å²) in [6, 6.07) is 16.1. The Hall–Kier alpha value is -2.86. The predicted molar refractivity (Wildman–Crippen MR) is 104 cm³/mol. The van der Waals surface area contributed by atoms with Crippen molar-refractivity contribution in [2.24, 2.45) is 0 Å². The van der Waals surface area contributed by atoms with Crippen molar-refractivity contribution in [1.82, 2.24) is 5.32 Å². The molecule has 0 spiro atoms. The summed E-state index contributed by atoms with van der Waals surface area (Å²) in [5.74, 6) is -0.426. The molecule has 2 amide bonds. The maximum Gasteiger partial charge on any atom is 0.412 e. The van der Waals surface area contributed by atoms with Crippen molar-refractivity contribution in [2.45, 2.75) is 38.9 Å². The number of amides is 2. The van der Waals surface area contributed by atoms with Crippen LogP contribution in [0.5, 0.6) is 0 Å². The Labute approximate surface area is 159 Å². The molecule has 144 valence electrons. The van der Waals surface area contributed by atoms with E-state index < -0.39 is 23.7 Å². The molecule has 1 atom stereocenters. The number of rotatable bonds is 6. The molecule has 0 bridgehead atoms. The Morgan fingerprint density at radius 2 is 1.67 bits per heavy atom. The number of ether oxygens (including phenoxy) is 1. The third-order valence-electron chi connectivity index (χ3n) is 3.68. The number of nitrogens with one attached hydrogen (secondary N) is 2. The van der Waals surface area contributed by atoms with Crippen LogP contribution in [0.2, 0.25) is 0 Å². The summed E-state index contributed by atoms with van der Waals surface area (Å²) in [6.07, 6.45) is -1.07. The predicted octanol–water partition coefficient (Wildman–Crippen LogP) is 3.43. The zero-order valence-corrected chi connectivity index (χ0v) is 15.9. The summed E-state index contributed by atoms with van der Waals surface area (Å²) in [5.41, 5.74) is 1.65.